The molecule has 92 valence electrons. The van der Waals surface area contributed by atoms with Gasteiger partial charge in [0.05, 0.1) is 10.8 Å². The number of carbonyl (C=O) groups excluding carboxylic acids is 1. The van der Waals surface area contributed by atoms with Crippen molar-refractivity contribution in [2.75, 3.05) is 0 Å². The summed E-state index contributed by atoms with van der Waals surface area (Å²) in [5.74, 6) is -1.52. The van der Waals surface area contributed by atoms with Gasteiger partial charge in [0.1, 0.15) is 0 Å². The minimum atomic E-state index is -0.879. The monoisotopic (exact) mass is 284 g/mol. The Morgan fingerprint density at radius 3 is 2.32 bits per heavy atom. The number of carboxylic acids is 1. The Kier molecular flexibility index (Phi) is 5.72. The van der Waals surface area contributed by atoms with Crippen molar-refractivity contribution in [3.05, 3.63) is 57.8 Å². The molecule has 0 aliphatic heterocycles. The number of carbonyl (C=O) groups is 2. The van der Waals surface area contributed by atoms with Crippen LogP contribution in [0.15, 0.2) is 42.5 Å². The van der Waals surface area contributed by atoms with Crippen molar-refractivity contribution in [1.29, 1.82) is 0 Å². The Bertz CT molecular complexity index is 577. The largest absolute Gasteiger partial charge is 2.00 e. The maximum Gasteiger partial charge on any atom is 2.00 e. The van der Waals surface area contributed by atoms with Gasteiger partial charge in [-0.1, -0.05) is 30.3 Å². The van der Waals surface area contributed by atoms with E-state index in [1.807, 2.05) is 18.2 Å². The van der Waals surface area contributed by atoms with Gasteiger partial charge < -0.3 is 5.11 Å². The summed E-state index contributed by atoms with van der Waals surface area (Å²) in [7, 11) is 0. The molecule has 0 bridgehead atoms. The molecular weight excluding hydrogens is 273 g/mol. The van der Waals surface area contributed by atoms with E-state index in [1.165, 1.54) is 11.3 Å². The van der Waals surface area contributed by atoms with Crippen LogP contribution in [0, 0.1) is 0 Å². The zero-order chi connectivity index (χ0) is 13.1. The summed E-state index contributed by atoms with van der Waals surface area (Å²) >= 11 is 1.24. The van der Waals surface area contributed by atoms with Crippen LogP contribution in [-0.2, 0) is 4.79 Å². The summed E-state index contributed by atoms with van der Waals surface area (Å²) < 4.78 is 0. The third kappa shape index (κ3) is 3.65. The number of rotatable bonds is 4. The fourth-order valence-electron chi connectivity index (χ4n) is 1.56. The van der Waals surface area contributed by atoms with Gasteiger partial charge in [0.2, 0.25) is 5.78 Å². The zero-order valence-corrected chi connectivity index (χ0v) is 12.7. The molecule has 0 fully saturated rings. The Morgan fingerprint density at radius 1 is 1.11 bits per heavy atom. The van der Waals surface area contributed by atoms with Crippen molar-refractivity contribution in [2.24, 2.45) is 0 Å². The van der Waals surface area contributed by atoms with Crippen molar-refractivity contribution in [1.82, 2.24) is 0 Å². The standard InChI is InChI=1S/C14H12O3S.Mg/c1-9(14(16)17)11-7-8-12(18-11)13(15)10-5-3-2-4-6-10;/h2-9H,1H3,(H,16,17);/q;+2. The summed E-state index contributed by atoms with van der Waals surface area (Å²) in [4.78, 5) is 24.3. The van der Waals surface area contributed by atoms with E-state index in [2.05, 4.69) is 0 Å². The van der Waals surface area contributed by atoms with Gasteiger partial charge in [-0.15, -0.1) is 11.3 Å². The van der Waals surface area contributed by atoms with Crippen LogP contribution in [0.5, 0.6) is 0 Å². The molecule has 1 aromatic carbocycles. The number of benzene rings is 1. The number of ketones is 1. The van der Waals surface area contributed by atoms with E-state index in [4.69, 9.17) is 5.11 Å². The van der Waals surface area contributed by atoms with Crippen LogP contribution in [-0.4, -0.2) is 39.9 Å². The zero-order valence-electron chi connectivity index (χ0n) is 10.5. The predicted octanol–water partition coefficient (Wildman–Crippen LogP) is 2.79. The summed E-state index contributed by atoms with van der Waals surface area (Å²) in [6, 6.07) is 12.4. The van der Waals surface area contributed by atoms with Crippen molar-refractivity contribution in [3.63, 3.8) is 0 Å². The number of aliphatic carboxylic acids is 1. The van der Waals surface area contributed by atoms with Gasteiger partial charge in [-0.3, -0.25) is 9.59 Å². The molecule has 1 atom stereocenters. The molecule has 2 aromatic rings. The average Bonchev–Trinajstić information content (AvgIpc) is 2.87. The number of carboxylic acid groups (broad SMARTS) is 1. The first-order chi connectivity index (χ1) is 8.59. The van der Waals surface area contributed by atoms with E-state index >= 15 is 0 Å². The van der Waals surface area contributed by atoms with Crippen LogP contribution >= 0.6 is 11.3 Å². The predicted molar refractivity (Wildman–Crippen MR) is 76.0 cm³/mol. The summed E-state index contributed by atoms with van der Waals surface area (Å²) in [5, 5.41) is 8.92. The molecule has 5 heteroatoms. The molecule has 0 amide bonds. The molecule has 0 spiro atoms. The molecule has 3 nitrogen and oxygen atoms in total. The van der Waals surface area contributed by atoms with E-state index in [0.29, 0.717) is 15.3 Å². The molecular formula is C14H12MgO3S+2. The molecule has 1 heterocycles. The first-order valence-electron chi connectivity index (χ1n) is 5.52. The van der Waals surface area contributed by atoms with Crippen LogP contribution in [0.4, 0.5) is 0 Å². The Labute approximate surface area is 131 Å². The third-order valence-corrected chi connectivity index (χ3v) is 3.95. The SMILES string of the molecule is CC(C(=O)O)c1ccc(C(=O)c2ccccc2)s1.[Mg+2]. The van der Waals surface area contributed by atoms with Crippen molar-refractivity contribution >= 4 is 46.1 Å². The molecule has 0 saturated heterocycles. The maximum atomic E-state index is 12.1. The fourth-order valence-corrected chi connectivity index (χ4v) is 2.58. The summed E-state index contributed by atoms with van der Waals surface area (Å²) in [6.45, 7) is 1.62. The van der Waals surface area contributed by atoms with Gasteiger partial charge in [0.15, 0.2) is 0 Å². The molecule has 0 aliphatic carbocycles. The molecule has 1 N–H and O–H groups in total. The van der Waals surface area contributed by atoms with E-state index in [0.717, 1.165) is 0 Å². The molecule has 2 rings (SSSR count). The van der Waals surface area contributed by atoms with E-state index in [1.54, 1.807) is 31.2 Å². The van der Waals surface area contributed by atoms with Crippen LogP contribution < -0.4 is 0 Å². The van der Waals surface area contributed by atoms with Crippen molar-refractivity contribution in [2.45, 2.75) is 12.8 Å². The minimum Gasteiger partial charge on any atom is -0.481 e. The minimum absolute atomic E-state index is 0. The molecule has 1 aromatic heterocycles. The summed E-state index contributed by atoms with van der Waals surface area (Å²) in [6.07, 6.45) is 0. The Balaban J connectivity index is 0.00000180. The fraction of sp³-hybridized carbons (Fsp3) is 0.143. The first kappa shape index (κ1) is 15.9. The molecule has 19 heavy (non-hydrogen) atoms. The second-order valence-electron chi connectivity index (χ2n) is 3.96. The quantitative estimate of drug-likeness (QED) is 0.694. The van der Waals surface area contributed by atoms with Gasteiger partial charge in [-0.25, -0.2) is 0 Å². The molecule has 0 saturated carbocycles. The summed E-state index contributed by atoms with van der Waals surface area (Å²) in [5.41, 5.74) is 0.619. The number of hydrogen-bond acceptors (Lipinski definition) is 3. The topological polar surface area (TPSA) is 54.4 Å². The molecule has 0 aliphatic rings. The van der Waals surface area contributed by atoms with Crippen LogP contribution in [0.25, 0.3) is 0 Å². The number of hydrogen-bond donors (Lipinski definition) is 1. The molecule has 0 radical (unpaired) electrons. The van der Waals surface area contributed by atoms with Gasteiger partial charge in [-0.2, -0.15) is 0 Å². The van der Waals surface area contributed by atoms with E-state index in [-0.39, 0.29) is 28.8 Å². The van der Waals surface area contributed by atoms with Crippen molar-refractivity contribution in [3.8, 4) is 0 Å². The van der Waals surface area contributed by atoms with Gasteiger partial charge in [-0.05, 0) is 19.1 Å². The second kappa shape index (κ2) is 6.84. The van der Waals surface area contributed by atoms with Gasteiger partial charge >= 0.3 is 29.0 Å². The van der Waals surface area contributed by atoms with Gasteiger partial charge in [0, 0.05) is 10.4 Å². The van der Waals surface area contributed by atoms with Crippen LogP contribution in [0.3, 0.4) is 0 Å². The Morgan fingerprint density at radius 2 is 1.74 bits per heavy atom. The van der Waals surface area contributed by atoms with Gasteiger partial charge in [0.25, 0.3) is 0 Å². The maximum absolute atomic E-state index is 12.1. The van der Waals surface area contributed by atoms with Crippen molar-refractivity contribution < 1.29 is 14.7 Å². The smallest absolute Gasteiger partial charge is 0.481 e. The molecule has 1 unspecified atom stereocenters. The second-order valence-corrected chi connectivity index (χ2v) is 5.07. The Hall–Kier alpha value is -1.17. The first-order valence-corrected chi connectivity index (χ1v) is 6.33. The third-order valence-electron chi connectivity index (χ3n) is 2.68. The normalized spacial score (nSPS) is 11.4. The van der Waals surface area contributed by atoms with Crippen LogP contribution in [0.2, 0.25) is 0 Å². The van der Waals surface area contributed by atoms with E-state index < -0.39 is 11.9 Å². The van der Waals surface area contributed by atoms with Crippen LogP contribution in [0.1, 0.15) is 33.0 Å². The average molecular weight is 285 g/mol. The van der Waals surface area contributed by atoms with E-state index in [9.17, 15) is 9.59 Å². The number of thiophene rings is 1.